The van der Waals surface area contributed by atoms with Crippen LogP contribution in [0.2, 0.25) is 0 Å². The van der Waals surface area contributed by atoms with Gasteiger partial charge in [0.1, 0.15) is 12.0 Å². The third-order valence-electron chi connectivity index (χ3n) is 4.82. The van der Waals surface area contributed by atoms with E-state index in [4.69, 9.17) is 0 Å². The maximum Gasteiger partial charge on any atom is 0.222 e. The highest BCUT2D eigenvalue weighted by molar-refractivity contribution is 5.66. The molecular formula is C19H17F2N5O. The molecule has 138 valence electrons. The highest BCUT2D eigenvalue weighted by atomic mass is 19.1. The Hall–Kier alpha value is -3.16. The fraction of sp³-hybridized carbons (Fsp3) is 0.263. The summed E-state index contributed by atoms with van der Waals surface area (Å²) >= 11 is 0. The van der Waals surface area contributed by atoms with E-state index in [1.54, 1.807) is 24.5 Å². The molecule has 3 heterocycles. The zero-order valence-electron chi connectivity index (χ0n) is 14.3. The minimum atomic E-state index is -0.968. The maximum absolute atomic E-state index is 14.2. The van der Waals surface area contributed by atoms with E-state index >= 15 is 0 Å². The van der Waals surface area contributed by atoms with Crippen molar-refractivity contribution in [1.29, 1.82) is 0 Å². The van der Waals surface area contributed by atoms with E-state index < -0.39 is 17.4 Å². The fourth-order valence-corrected chi connectivity index (χ4v) is 3.41. The van der Waals surface area contributed by atoms with Crippen LogP contribution in [0.15, 0.2) is 49.1 Å². The number of hydrogen-bond acceptors (Lipinski definition) is 6. The van der Waals surface area contributed by atoms with Gasteiger partial charge in [-0.2, -0.15) is 0 Å². The first kappa shape index (κ1) is 17.3. The number of halogens is 2. The zero-order chi connectivity index (χ0) is 18.9. The third kappa shape index (κ3) is 3.30. The molecule has 2 N–H and O–H groups in total. The van der Waals surface area contributed by atoms with Gasteiger partial charge in [-0.1, -0.05) is 0 Å². The summed E-state index contributed by atoms with van der Waals surface area (Å²) in [5, 5.41) is 12.9. The Morgan fingerprint density at radius 2 is 1.78 bits per heavy atom. The molecule has 1 aliphatic carbocycles. The number of hydrogen-bond donors (Lipinski definition) is 2. The van der Waals surface area contributed by atoms with Crippen molar-refractivity contribution in [1.82, 2.24) is 19.9 Å². The van der Waals surface area contributed by atoms with Crippen molar-refractivity contribution < 1.29 is 13.9 Å². The fourth-order valence-electron chi connectivity index (χ4n) is 3.41. The predicted octanol–water partition coefficient (Wildman–Crippen LogP) is 3.26. The van der Waals surface area contributed by atoms with Crippen LogP contribution >= 0.6 is 0 Å². The van der Waals surface area contributed by atoms with Gasteiger partial charge in [0.15, 0.2) is 0 Å². The molecule has 0 atom stereocenters. The van der Waals surface area contributed by atoms with Crippen LogP contribution in [0.3, 0.4) is 0 Å². The van der Waals surface area contributed by atoms with E-state index in [1.807, 2.05) is 0 Å². The molecule has 0 unspecified atom stereocenters. The first-order valence-electron chi connectivity index (χ1n) is 8.53. The van der Waals surface area contributed by atoms with E-state index in [-0.39, 0.29) is 31.0 Å². The number of pyridine rings is 2. The molecule has 27 heavy (non-hydrogen) atoms. The third-order valence-corrected chi connectivity index (χ3v) is 4.82. The van der Waals surface area contributed by atoms with Gasteiger partial charge < -0.3 is 10.4 Å². The Labute approximate surface area is 154 Å². The molecule has 1 saturated carbocycles. The van der Waals surface area contributed by atoms with Crippen LogP contribution in [0.5, 0.6) is 5.88 Å². The van der Waals surface area contributed by atoms with Crippen molar-refractivity contribution in [3.05, 3.63) is 60.6 Å². The van der Waals surface area contributed by atoms with Gasteiger partial charge in [0.2, 0.25) is 11.8 Å². The number of nitrogens with one attached hydrogen (secondary N) is 1. The maximum atomic E-state index is 14.2. The summed E-state index contributed by atoms with van der Waals surface area (Å²) in [6.07, 6.45) is 5.55. The Morgan fingerprint density at radius 3 is 2.44 bits per heavy atom. The Bertz CT molecular complexity index is 945. The van der Waals surface area contributed by atoms with E-state index in [0.29, 0.717) is 17.1 Å². The highest BCUT2D eigenvalue weighted by Gasteiger charge is 2.48. The SMILES string of the molecule is Oc1ncccc1-c1cnc(NC[C@]2(c3ncccc3F)C[C@H](F)C2)nc1. The monoisotopic (exact) mass is 369 g/mol. The van der Waals surface area contributed by atoms with Crippen molar-refractivity contribution in [3.8, 4) is 17.0 Å². The Kier molecular flexibility index (Phi) is 4.39. The number of aromatic hydroxyl groups is 1. The summed E-state index contributed by atoms with van der Waals surface area (Å²) in [5.41, 5.74) is 0.691. The normalized spacial score (nSPS) is 21.5. The van der Waals surface area contributed by atoms with Gasteiger partial charge in [-0.05, 0) is 37.1 Å². The van der Waals surface area contributed by atoms with Crippen molar-refractivity contribution in [2.24, 2.45) is 0 Å². The van der Waals surface area contributed by atoms with Gasteiger partial charge >= 0.3 is 0 Å². The summed E-state index contributed by atoms with van der Waals surface area (Å²) in [4.78, 5) is 16.4. The van der Waals surface area contributed by atoms with Crippen molar-refractivity contribution >= 4 is 5.95 Å². The van der Waals surface area contributed by atoms with Crippen LogP contribution in [0, 0.1) is 5.82 Å². The number of alkyl halides is 1. The quantitative estimate of drug-likeness (QED) is 0.718. The van der Waals surface area contributed by atoms with Gasteiger partial charge in [-0.25, -0.2) is 23.7 Å². The molecule has 1 fully saturated rings. The van der Waals surface area contributed by atoms with E-state index in [2.05, 4.69) is 25.3 Å². The molecule has 6 nitrogen and oxygen atoms in total. The average Bonchev–Trinajstić information content (AvgIpc) is 2.66. The van der Waals surface area contributed by atoms with Crippen molar-refractivity contribution in [3.63, 3.8) is 0 Å². The molecule has 0 spiro atoms. The minimum Gasteiger partial charge on any atom is -0.493 e. The molecule has 4 rings (SSSR count). The van der Waals surface area contributed by atoms with Gasteiger partial charge in [0.05, 0.1) is 5.69 Å². The second-order valence-electron chi connectivity index (χ2n) is 6.64. The minimum absolute atomic E-state index is 0.102. The molecular weight excluding hydrogens is 352 g/mol. The molecule has 8 heteroatoms. The smallest absolute Gasteiger partial charge is 0.222 e. The number of aromatic nitrogens is 4. The lowest BCUT2D eigenvalue weighted by Crippen LogP contribution is -2.49. The Balaban J connectivity index is 1.51. The summed E-state index contributed by atoms with van der Waals surface area (Å²) < 4.78 is 27.8. The molecule has 0 saturated heterocycles. The zero-order valence-corrected chi connectivity index (χ0v) is 14.3. The average molecular weight is 369 g/mol. The molecule has 3 aromatic heterocycles. The molecule has 0 bridgehead atoms. The van der Waals surface area contributed by atoms with Gasteiger partial charge in [0, 0.05) is 47.9 Å². The lowest BCUT2D eigenvalue weighted by Gasteiger charge is -2.43. The largest absolute Gasteiger partial charge is 0.493 e. The number of nitrogens with zero attached hydrogens (tertiary/aromatic N) is 4. The van der Waals surface area contributed by atoms with Gasteiger partial charge in [-0.15, -0.1) is 0 Å². The van der Waals surface area contributed by atoms with Crippen LogP contribution in [-0.2, 0) is 5.41 Å². The molecule has 0 aliphatic heterocycles. The standard InChI is InChI=1S/C19H17F2N5O/c20-13-7-19(8-13,16-15(21)4-2-5-22-16)11-26-18-24-9-12(10-25-18)14-3-1-6-23-17(14)27/h1-6,9-10,13H,7-8,11H2,(H,23,27)(H,24,25,26)/t13-,19-. The summed E-state index contributed by atoms with van der Waals surface area (Å²) in [7, 11) is 0. The summed E-state index contributed by atoms with van der Waals surface area (Å²) in [6.45, 7) is 0.277. The van der Waals surface area contributed by atoms with E-state index in [1.165, 1.54) is 24.5 Å². The van der Waals surface area contributed by atoms with Crippen molar-refractivity contribution in [2.75, 3.05) is 11.9 Å². The van der Waals surface area contributed by atoms with Crippen LogP contribution < -0.4 is 5.32 Å². The first-order chi connectivity index (χ1) is 13.1. The molecule has 0 aromatic carbocycles. The first-order valence-corrected chi connectivity index (χ1v) is 8.53. The lowest BCUT2D eigenvalue weighted by atomic mass is 9.65. The molecule has 0 radical (unpaired) electrons. The lowest BCUT2D eigenvalue weighted by molar-refractivity contribution is 0.0963. The number of anilines is 1. The summed E-state index contributed by atoms with van der Waals surface area (Å²) in [5.74, 6) is -0.204. The topological polar surface area (TPSA) is 83.8 Å². The van der Waals surface area contributed by atoms with Crippen LogP contribution in [-0.4, -0.2) is 37.8 Å². The predicted molar refractivity (Wildman–Crippen MR) is 95.4 cm³/mol. The highest BCUT2D eigenvalue weighted by Crippen LogP contribution is 2.45. The van der Waals surface area contributed by atoms with E-state index in [0.717, 1.165) is 0 Å². The molecule has 3 aromatic rings. The Morgan fingerprint density at radius 1 is 1.07 bits per heavy atom. The second kappa shape index (κ2) is 6.86. The van der Waals surface area contributed by atoms with Crippen LogP contribution in [0.1, 0.15) is 18.5 Å². The molecule has 1 aliphatic rings. The van der Waals surface area contributed by atoms with Gasteiger partial charge in [-0.3, -0.25) is 4.98 Å². The van der Waals surface area contributed by atoms with Crippen LogP contribution in [0.25, 0.3) is 11.1 Å². The molecule has 0 amide bonds. The van der Waals surface area contributed by atoms with Gasteiger partial charge in [0.25, 0.3) is 0 Å². The van der Waals surface area contributed by atoms with Crippen molar-refractivity contribution in [2.45, 2.75) is 24.4 Å². The number of rotatable bonds is 5. The van der Waals surface area contributed by atoms with E-state index in [9.17, 15) is 13.9 Å². The summed E-state index contributed by atoms with van der Waals surface area (Å²) in [6, 6.07) is 6.27. The van der Waals surface area contributed by atoms with Crippen LogP contribution in [0.4, 0.5) is 14.7 Å². The second-order valence-corrected chi connectivity index (χ2v) is 6.64.